The van der Waals surface area contributed by atoms with E-state index in [0.717, 1.165) is 73.9 Å². The van der Waals surface area contributed by atoms with Crippen LogP contribution in [0.3, 0.4) is 0 Å². The van der Waals surface area contributed by atoms with Crippen molar-refractivity contribution < 1.29 is 14.2 Å². The molecule has 1 aromatic carbocycles. The van der Waals surface area contributed by atoms with Crippen molar-refractivity contribution in [2.24, 2.45) is 17.0 Å². The number of nitrogens with zero attached hydrogens (tertiary/aromatic N) is 5. The van der Waals surface area contributed by atoms with Gasteiger partial charge >= 0.3 is 6.02 Å². The van der Waals surface area contributed by atoms with Gasteiger partial charge in [0.2, 0.25) is 0 Å². The zero-order valence-electron chi connectivity index (χ0n) is 21.4. The Kier molecular flexibility index (Phi) is 7.09. The van der Waals surface area contributed by atoms with Crippen molar-refractivity contribution >= 4 is 29.5 Å². The second kappa shape index (κ2) is 10.4. The molecule has 0 N–H and O–H groups in total. The number of anilines is 1. The first kappa shape index (κ1) is 24.5. The fraction of sp³-hybridized carbons (Fsp3) is 0.556. The predicted molar refractivity (Wildman–Crippen MR) is 141 cm³/mol. The molecular weight excluding hydrogens is 458 g/mol. The lowest BCUT2D eigenvalue weighted by Crippen LogP contribution is -2.42. The number of aryl methyl sites for hydroxylation is 1. The van der Waals surface area contributed by atoms with E-state index in [4.69, 9.17) is 14.2 Å². The molecular formula is C27H35N5O4. The summed E-state index contributed by atoms with van der Waals surface area (Å²) >= 11 is 0. The van der Waals surface area contributed by atoms with Crippen LogP contribution < -0.4 is 15.2 Å². The van der Waals surface area contributed by atoms with E-state index in [9.17, 15) is 4.79 Å². The summed E-state index contributed by atoms with van der Waals surface area (Å²) in [5.74, 6) is 0.706. The van der Waals surface area contributed by atoms with Gasteiger partial charge in [-0.25, -0.2) is 15.0 Å². The van der Waals surface area contributed by atoms with E-state index in [1.165, 1.54) is 6.20 Å². The maximum Gasteiger partial charge on any atom is 0.315 e. The van der Waals surface area contributed by atoms with Crippen LogP contribution in [0, 0.1) is 0 Å². The second-order valence-corrected chi connectivity index (χ2v) is 10.2. The van der Waals surface area contributed by atoms with Crippen molar-refractivity contribution in [1.82, 2.24) is 9.55 Å². The van der Waals surface area contributed by atoms with Crippen molar-refractivity contribution in [3.8, 4) is 5.75 Å². The zero-order chi connectivity index (χ0) is 25.2. The Bertz CT molecular complexity index is 1230. The fourth-order valence-corrected chi connectivity index (χ4v) is 5.32. The Balaban J connectivity index is 1.34. The molecule has 1 aliphatic carbocycles. The van der Waals surface area contributed by atoms with Crippen molar-refractivity contribution in [3.63, 3.8) is 0 Å². The Morgan fingerprint density at radius 2 is 1.81 bits per heavy atom. The van der Waals surface area contributed by atoms with Crippen LogP contribution in [-0.2, 0) is 16.5 Å². The van der Waals surface area contributed by atoms with Gasteiger partial charge in [0.05, 0.1) is 30.0 Å². The van der Waals surface area contributed by atoms with Crippen molar-refractivity contribution in [1.29, 1.82) is 0 Å². The van der Waals surface area contributed by atoms with Crippen molar-refractivity contribution in [2.45, 2.75) is 76.8 Å². The molecule has 1 saturated carbocycles. The maximum absolute atomic E-state index is 12.4. The minimum absolute atomic E-state index is 0.0225. The summed E-state index contributed by atoms with van der Waals surface area (Å²) < 4.78 is 20.2. The molecule has 9 nitrogen and oxygen atoms in total. The summed E-state index contributed by atoms with van der Waals surface area (Å²) in [5, 5.41) is 0. The van der Waals surface area contributed by atoms with Crippen molar-refractivity contribution in [3.05, 3.63) is 40.5 Å². The highest BCUT2D eigenvalue weighted by atomic mass is 16.5. The lowest BCUT2D eigenvalue weighted by Gasteiger charge is -2.34. The number of morpholine rings is 1. The van der Waals surface area contributed by atoms with Crippen LogP contribution in [0.4, 0.5) is 5.69 Å². The number of rotatable bonds is 5. The molecule has 5 rings (SSSR count). The van der Waals surface area contributed by atoms with Crippen LogP contribution in [0.5, 0.6) is 5.75 Å². The summed E-state index contributed by atoms with van der Waals surface area (Å²) in [4.78, 5) is 27.4. The van der Waals surface area contributed by atoms with E-state index in [1.807, 2.05) is 13.8 Å². The van der Waals surface area contributed by atoms with Gasteiger partial charge < -0.3 is 23.7 Å². The first-order valence-corrected chi connectivity index (χ1v) is 12.8. The van der Waals surface area contributed by atoms with Crippen LogP contribution in [-0.4, -0.2) is 59.8 Å². The average Bonchev–Trinajstić information content (AvgIpc) is 3.21. The first-order valence-electron chi connectivity index (χ1n) is 12.8. The Hall–Kier alpha value is -3.20. The van der Waals surface area contributed by atoms with Crippen LogP contribution in [0.2, 0.25) is 0 Å². The molecule has 36 heavy (non-hydrogen) atoms. The van der Waals surface area contributed by atoms with E-state index in [1.54, 1.807) is 17.8 Å². The maximum atomic E-state index is 12.4. The number of aromatic nitrogens is 2. The highest BCUT2D eigenvalue weighted by Gasteiger charge is 2.34. The molecule has 3 heterocycles. The van der Waals surface area contributed by atoms with Gasteiger partial charge in [0.15, 0.2) is 0 Å². The van der Waals surface area contributed by atoms with E-state index >= 15 is 0 Å². The number of ether oxygens (including phenoxy) is 3. The monoisotopic (exact) mass is 493 g/mol. The van der Waals surface area contributed by atoms with Gasteiger partial charge in [0.1, 0.15) is 17.4 Å². The molecule has 3 fully saturated rings. The number of fused-ring (bicyclic) bond motifs is 3. The van der Waals surface area contributed by atoms with Crippen molar-refractivity contribution in [2.75, 3.05) is 18.0 Å². The van der Waals surface area contributed by atoms with Gasteiger partial charge in [-0.2, -0.15) is 0 Å². The molecule has 2 aliphatic heterocycles. The molecule has 192 valence electrons. The van der Waals surface area contributed by atoms with Gasteiger partial charge in [-0.15, -0.1) is 0 Å². The highest BCUT2D eigenvalue weighted by molar-refractivity contribution is 5.86. The van der Waals surface area contributed by atoms with Gasteiger partial charge in [-0.3, -0.25) is 4.79 Å². The molecule has 0 spiro atoms. The third-order valence-electron chi connectivity index (χ3n) is 7.18. The van der Waals surface area contributed by atoms with Crippen LogP contribution in [0.1, 0.15) is 52.4 Å². The van der Waals surface area contributed by atoms with E-state index in [2.05, 4.69) is 38.7 Å². The standard InChI is InChI=1S/C27H35N5O4/c1-17(2)13-30-27(28-3)36-20-7-5-19(6-8-20)35-24-12-18(32-15-21-9-10-22(16-32)34-21)11-23-26(24)31(4)25(33)14-29-23/h11-14,19-22H,3,5-10,15-16H2,1-2,4H3. The Labute approximate surface area is 211 Å². The largest absolute Gasteiger partial charge is 0.488 e. The molecule has 9 heteroatoms. The van der Waals surface area contributed by atoms with E-state index in [-0.39, 0.29) is 30.0 Å². The number of hydrogen-bond acceptors (Lipinski definition) is 7. The summed E-state index contributed by atoms with van der Waals surface area (Å²) in [7, 11) is 1.77. The SMILES string of the molecule is C=NC(=NC=C(C)C)OC1CCC(Oc2cc(N3CC4CCC(C3)O4)cc3ncc(=O)n(C)c23)CC1. The first-order chi connectivity index (χ1) is 17.4. The Morgan fingerprint density at radius 1 is 1.11 bits per heavy atom. The molecule has 2 saturated heterocycles. The number of hydrogen-bond donors (Lipinski definition) is 0. The van der Waals surface area contributed by atoms with Crippen LogP contribution in [0.25, 0.3) is 11.0 Å². The highest BCUT2D eigenvalue weighted by Crippen LogP contribution is 2.36. The van der Waals surface area contributed by atoms with Crippen LogP contribution >= 0.6 is 0 Å². The molecule has 2 bridgehead atoms. The Morgan fingerprint density at radius 3 is 2.47 bits per heavy atom. The number of aliphatic imine (C=N–C) groups is 2. The fourth-order valence-electron chi connectivity index (χ4n) is 5.32. The predicted octanol–water partition coefficient (Wildman–Crippen LogP) is 3.99. The average molecular weight is 494 g/mol. The molecule has 1 aromatic heterocycles. The molecule has 2 aromatic rings. The van der Waals surface area contributed by atoms with Gasteiger partial charge in [-0.1, -0.05) is 5.57 Å². The molecule has 0 radical (unpaired) electrons. The lowest BCUT2D eigenvalue weighted by atomic mass is 9.95. The van der Waals surface area contributed by atoms with Gasteiger partial charge in [-0.05, 0) is 65.2 Å². The van der Waals surface area contributed by atoms with Gasteiger partial charge in [0, 0.05) is 38.1 Å². The molecule has 2 unspecified atom stereocenters. The second-order valence-electron chi connectivity index (χ2n) is 10.2. The quantitative estimate of drug-likeness (QED) is 0.462. The molecule has 3 aliphatic rings. The third kappa shape index (κ3) is 5.31. The summed E-state index contributed by atoms with van der Waals surface area (Å²) in [6.07, 6.45) is 9.26. The minimum Gasteiger partial charge on any atom is -0.488 e. The molecule has 0 amide bonds. The normalized spacial score (nSPS) is 26.1. The van der Waals surface area contributed by atoms with E-state index < -0.39 is 0 Å². The summed E-state index contributed by atoms with van der Waals surface area (Å²) in [6, 6.07) is 4.44. The zero-order valence-corrected chi connectivity index (χ0v) is 21.4. The molecule has 2 atom stereocenters. The van der Waals surface area contributed by atoms with Crippen LogP contribution in [0.15, 0.2) is 44.9 Å². The number of allylic oxidation sites excluding steroid dienone is 1. The topological polar surface area (TPSA) is 90.5 Å². The number of benzene rings is 1. The smallest absolute Gasteiger partial charge is 0.315 e. The van der Waals surface area contributed by atoms with Gasteiger partial charge in [0.25, 0.3) is 5.56 Å². The summed E-state index contributed by atoms with van der Waals surface area (Å²) in [5.41, 5.74) is 3.48. The lowest BCUT2D eigenvalue weighted by molar-refractivity contribution is 0.0304. The van der Waals surface area contributed by atoms with E-state index in [0.29, 0.717) is 11.8 Å². The summed E-state index contributed by atoms with van der Waals surface area (Å²) in [6.45, 7) is 9.25. The minimum atomic E-state index is -0.151. The number of amidine groups is 1. The third-order valence-corrected chi connectivity index (χ3v) is 7.18.